The van der Waals surface area contributed by atoms with Gasteiger partial charge in [0.15, 0.2) is 0 Å². The van der Waals surface area contributed by atoms with E-state index < -0.39 is 0 Å². The molecule has 2 unspecified atom stereocenters. The molecule has 2 rings (SSSR count). The number of nitrogens with one attached hydrogen (secondary N) is 2. The zero-order valence-electron chi connectivity index (χ0n) is 11.8. The number of nitrogens with zero attached hydrogens (tertiary/aromatic N) is 1. The maximum Gasteiger partial charge on any atom is 0.251 e. The van der Waals surface area contributed by atoms with Crippen LogP contribution in [-0.4, -0.2) is 47.0 Å². The molecule has 0 saturated carbocycles. The molecule has 0 aromatic carbocycles. The van der Waals surface area contributed by atoms with E-state index in [9.17, 15) is 4.79 Å². The van der Waals surface area contributed by atoms with Gasteiger partial charge in [0.25, 0.3) is 5.56 Å². The average molecular weight is 315 g/mol. The summed E-state index contributed by atoms with van der Waals surface area (Å²) in [5, 5.41) is 3.98. The second-order valence-corrected chi connectivity index (χ2v) is 7.39. The summed E-state index contributed by atoms with van der Waals surface area (Å²) >= 11 is 3.82. The largest absolute Gasteiger partial charge is 0.383 e. The van der Waals surface area contributed by atoms with Crippen LogP contribution in [0.3, 0.4) is 0 Å². The quantitative estimate of drug-likeness (QED) is 0.774. The smallest absolute Gasteiger partial charge is 0.251 e. The van der Waals surface area contributed by atoms with Crippen molar-refractivity contribution in [1.82, 2.24) is 15.3 Å². The predicted molar refractivity (Wildman–Crippen MR) is 85.6 cm³/mol. The van der Waals surface area contributed by atoms with Gasteiger partial charge < -0.3 is 15.0 Å². The molecule has 112 valence electrons. The van der Waals surface area contributed by atoms with Crippen molar-refractivity contribution in [3.8, 4) is 0 Å². The van der Waals surface area contributed by atoms with Crippen molar-refractivity contribution in [1.29, 1.82) is 0 Å². The molecule has 0 radical (unpaired) electrons. The lowest BCUT2D eigenvalue weighted by Gasteiger charge is -2.27. The van der Waals surface area contributed by atoms with Gasteiger partial charge >= 0.3 is 0 Å². The third kappa shape index (κ3) is 4.51. The number of hydrogen-bond donors (Lipinski definition) is 2. The van der Waals surface area contributed by atoms with Crippen LogP contribution in [0.4, 0.5) is 0 Å². The Hall–Kier alpha value is -0.500. The fourth-order valence-corrected chi connectivity index (χ4v) is 4.79. The summed E-state index contributed by atoms with van der Waals surface area (Å²) < 4.78 is 4.98. The fraction of sp³-hybridized carbons (Fsp3) is 0.692. The summed E-state index contributed by atoms with van der Waals surface area (Å²) in [6.07, 6.45) is 0. The molecule has 20 heavy (non-hydrogen) atoms. The lowest BCUT2D eigenvalue weighted by Crippen LogP contribution is -2.25. The highest BCUT2D eigenvalue weighted by molar-refractivity contribution is 8.06. The number of thioether (sulfide) groups is 2. The first-order valence-electron chi connectivity index (χ1n) is 6.73. The highest BCUT2D eigenvalue weighted by atomic mass is 32.2. The highest BCUT2D eigenvalue weighted by Gasteiger charge is 2.26. The molecule has 0 bridgehead atoms. The van der Waals surface area contributed by atoms with Gasteiger partial charge in [-0.1, -0.05) is 6.92 Å². The predicted octanol–water partition coefficient (Wildman–Crippen LogP) is 1.42. The molecule has 1 aliphatic heterocycles. The van der Waals surface area contributed by atoms with Gasteiger partial charge in [-0.3, -0.25) is 4.79 Å². The average Bonchev–Trinajstić information content (AvgIpc) is 2.43. The van der Waals surface area contributed by atoms with Crippen LogP contribution >= 0.6 is 23.5 Å². The van der Waals surface area contributed by atoms with Crippen LogP contribution < -0.4 is 10.9 Å². The molecule has 1 saturated heterocycles. The molecule has 7 heteroatoms. The number of H-pyrrole nitrogens is 1. The van der Waals surface area contributed by atoms with Crippen LogP contribution in [0.1, 0.15) is 23.7 Å². The molecule has 1 aromatic heterocycles. The first-order valence-corrected chi connectivity index (χ1v) is 8.83. The van der Waals surface area contributed by atoms with Gasteiger partial charge in [0.2, 0.25) is 0 Å². The van der Waals surface area contributed by atoms with Crippen molar-refractivity contribution in [2.45, 2.75) is 24.0 Å². The first-order chi connectivity index (χ1) is 9.70. The molecule has 2 atom stereocenters. The Kier molecular flexibility index (Phi) is 6.41. The zero-order valence-corrected chi connectivity index (χ0v) is 13.5. The van der Waals surface area contributed by atoms with E-state index in [-0.39, 0.29) is 10.8 Å². The SMILES string of the molecule is COCCNCc1cc(=O)[nH]c(C2SCCSC2C)n1. The van der Waals surface area contributed by atoms with Crippen LogP contribution in [0.25, 0.3) is 0 Å². The van der Waals surface area contributed by atoms with Crippen molar-refractivity contribution < 1.29 is 4.74 Å². The third-order valence-electron chi connectivity index (χ3n) is 3.06. The lowest BCUT2D eigenvalue weighted by atomic mass is 10.3. The lowest BCUT2D eigenvalue weighted by molar-refractivity contribution is 0.199. The Bertz CT molecular complexity index is 481. The minimum atomic E-state index is -0.0677. The summed E-state index contributed by atoms with van der Waals surface area (Å²) in [5.74, 6) is 3.09. The number of aromatic amines is 1. The monoisotopic (exact) mass is 315 g/mol. The minimum absolute atomic E-state index is 0.0677. The zero-order chi connectivity index (χ0) is 14.4. The molecule has 2 heterocycles. The Labute approximate surface area is 127 Å². The van der Waals surface area contributed by atoms with Crippen LogP contribution in [0, 0.1) is 0 Å². The summed E-state index contributed by atoms with van der Waals surface area (Å²) in [7, 11) is 1.67. The molecule has 5 nitrogen and oxygen atoms in total. The highest BCUT2D eigenvalue weighted by Crippen LogP contribution is 2.40. The van der Waals surface area contributed by atoms with E-state index in [4.69, 9.17) is 4.74 Å². The van der Waals surface area contributed by atoms with E-state index in [2.05, 4.69) is 22.2 Å². The van der Waals surface area contributed by atoms with Gasteiger partial charge in [-0.15, -0.1) is 11.8 Å². The number of rotatable bonds is 6. The Morgan fingerprint density at radius 1 is 1.50 bits per heavy atom. The van der Waals surface area contributed by atoms with Crippen molar-refractivity contribution in [3.05, 3.63) is 27.9 Å². The Morgan fingerprint density at radius 2 is 2.30 bits per heavy atom. The van der Waals surface area contributed by atoms with Crippen molar-refractivity contribution in [2.24, 2.45) is 0 Å². The molecular weight excluding hydrogens is 294 g/mol. The van der Waals surface area contributed by atoms with Gasteiger partial charge in [0.1, 0.15) is 5.82 Å². The van der Waals surface area contributed by atoms with Gasteiger partial charge in [-0.2, -0.15) is 11.8 Å². The summed E-state index contributed by atoms with van der Waals surface area (Å²) in [5.41, 5.74) is 0.727. The normalized spacial score (nSPS) is 22.9. The maximum atomic E-state index is 11.8. The molecule has 1 aromatic rings. The topological polar surface area (TPSA) is 67.0 Å². The molecule has 0 amide bonds. The van der Waals surface area contributed by atoms with Crippen LogP contribution in [0.2, 0.25) is 0 Å². The van der Waals surface area contributed by atoms with Crippen molar-refractivity contribution in [2.75, 3.05) is 31.8 Å². The van der Waals surface area contributed by atoms with Gasteiger partial charge in [-0.25, -0.2) is 4.98 Å². The van der Waals surface area contributed by atoms with Crippen LogP contribution in [0.5, 0.6) is 0 Å². The fourth-order valence-electron chi connectivity index (χ4n) is 2.08. The van der Waals surface area contributed by atoms with Crippen LogP contribution in [-0.2, 0) is 11.3 Å². The minimum Gasteiger partial charge on any atom is -0.383 e. The van der Waals surface area contributed by atoms with Crippen LogP contribution in [0.15, 0.2) is 10.9 Å². The second kappa shape index (κ2) is 8.07. The van der Waals surface area contributed by atoms with Crippen molar-refractivity contribution in [3.63, 3.8) is 0 Å². The number of methoxy groups -OCH3 is 1. The van der Waals surface area contributed by atoms with Crippen molar-refractivity contribution >= 4 is 23.5 Å². The Balaban J connectivity index is 2.05. The molecule has 2 N–H and O–H groups in total. The molecule has 0 spiro atoms. The van der Waals surface area contributed by atoms with E-state index >= 15 is 0 Å². The molecule has 1 aliphatic rings. The molecule has 0 aliphatic carbocycles. The van der Waals surface area contributed by atoms with E-state index in [1.807, 2.05) is 23.5 Å². The third-order valence-corrected chi connectivity index (χ3v) is 6.16. The first kappa shape index (κ1) is 15.9. The van der Waals surface area contributed by atoms with Gasteiger partial charge in [-0.05, 0) is 0 Å². The summed E-state index contributed by atoms with van der Waals surface area (Å²) in [6, 6.07) is 1.56. The molecule has 1 fully saturated rings. The van der Waals surface area contributed by atoms with Gasteiger partial charge in [0.05, 0.1) is 17.6 Å². The standard InChI is InChI=1S/C13H21N3O2S2/c1-9-12(20-6-5-19-9)13-15-10(7-11(17)16-13)8-14-3-4-18-2/h7,9,12,14H,3-6,8H2,1-2H3,(H,15,16,17). The Morgan fingerprint density at radius 3 is 3.05 bits per heavy atom. The number of aromatic nitrogens is 2. The van der Waals surface area contributed by atoms with Gasteiger partial charge in [0, 0.05) is 43.0 Å². The van der Waals surface area contributed by atoms with E-state index in [0.29, 0.717) is 18.4 Å². The summed E-state index contributed by atoms with van der Waals surface area (Å²) in [4.78, 5) is 19.3. The maximum absolute atomic E-state index is 11.8. The second-order valence-electron chi connectivity index (χ2n) is 4.66. The number of hydrogen-bond acceptors (Lipinski definition) is 6. The molecular formula is C13H21N3O2S2. The van der Waals surface area contributed by atoms with E-state index in [0.717, 1.165) is 23.8 Å². The number of ether oxygens (including phenoxy) is 1. The summed E-state index contributed by atoms with van der Waals surface area (Å²) in [6.45, 7) is 4.21. The van der Waals surface area contributed by atoms with E-state index in [1.54, 1.807) is 13.2 Å². The van der Waals surface area contributed by atoms with E-state index in [1.165, 1.54) is 5.75 Å².